The molecular formula is C14H13ClFNO3S. The van der Waals surface area contributed by atoms with Gasteiger partial charge in [-0.3, -0.25) is 9.59 Å². The third-order valence-corrected chi connectivity index (χ3v) is 4.50. The highest BCUT2D eigenvalue weighted by molar-refractivity contribution is 7.21. The largest absolute Gasteiger partial charge is 0.481 e. The van der Waals surface area contributed by atoms with Crippen molar-refractivity contribution >= 4 is 44.9 Å². The zero-order chi connectivity index (χ0) is 15.8. The number of carbonyl (C=O) groups is 2. The van der Waals surface area contributed by atoms with E-state index in [0.717, 1.165) is 11.3 Å². The summed E-state index contributed by atoms with van der Waals surface area (Å²) in [5.74, 6) is -1.88. The van der Waals surface area contributed by atoms with Crippen LogP contribution in [0.3, 0.4) is 0 Å². The smallest absolute Gasteiger partial charge is 0.305 e. The Bertz CT molecular complexity index is 726. The lowest BCUT2D eigenvalue weighted by molar-refractivity contribution is -0.138. The Labute approximate surface area is 129 Å². The fourth-order valence-electron chi connectivity index (χ4n) is 1.97. The molecule has 1 amide bonds. The maximum atomic E-state index is 13.2. The second-order valence-electron chi connectivity index (χ2n) is 5.29. The van der Waals surface area contributed by atoms with Crippen LogP contribution in [0.2, 0.25) is 5.02 Å². The molecule has 0 unspecified atom stereocenters. The van der Waals surface area contributed by atoms with E-state index in [1.165, 1.54) is 18.2 Å². The molecule has 0 saturated carbocycles. The summed E-state index contributed by atoms with van der Waals surface area (Å²) in [6.45, 7) is 3.22. The van der Waals surface area contributed by atoms with Crippen LogP contribution in [0.25, 0.3) is 10.1 Å². The van der Waals surface area contributed by atoms with E-state index < -0.39 is 23.2 Å². The fraction of sp³-hybridized carbons (Fsp3) is 0.286. The van der Waals surface area contributed by atoms with Crippen LogP contribution in [-0.4, -0.2) is 22.5 Å². The minimum Gasteiger partial charge on any atom is -0.481 e. The highest BCUT2D eigenvalue weighted by atomic mass is 35.5. The number of hydrogen-bond acceptors (Lipinski definition) is 3. The van der Waals surface area contributed by atoms with Gasteiger partial charge in [-0.15, -0.1) is 11.3 Å². The molecule has 0 atom stereocenters. The zero-order valence-corrected chi connectivity index (χ0v) is 12.9. The summed E-state index contributed by atoms with van der Waals surface area (Å²) in [6, 6.07) is 4.10. The van der Waals surface area contributed by atoms with Crippen molar-refractivity contribution in [1.29, 1.82) is 0 Å². The van der Waals surface area contributed by atoms with E-state index in [0.29, 0.717) is 10.1 Å². The van der Waals surface area contributed by atoms with Crippen LogP contribution in [0, 0.1) is 5.82 Å². The van der Waals surface area contributed by atoms with E-state index in [1.54, 1.807) is 13.8 Å². The predicted molar refractivity (Wildman–Crippen MR) is 80.6 cm³/mol. The van der Waals surface area contributed by atoms with Crippen molar-refractivity contribution in [3.8, 4) is 0 Å². The summed E-state index contributed by atoms with van der Waals surface area (Å²) in [7, 11) is 0. The van der Waals surface area contributed by atoms with Crippen LogP contribution < -0.4 is 5.32 Å². The van der Waals surface area contributed by atoms with Crippen molar-refractivity contribution in [1.82, 2.24) is 5.32 Å². The molecule has 0 fully saturated rings. The van der Waals surface area contributed by atoms with Crippen molar-refractivity contribution in [3.63, 3.8) is 0 Å². The van der Waals surface area contributed by atoms with Crippen LogP contribution in [0.4, 0.5) is 4.39 Å². The number of hydrogen-bond donors (Lipinski definition) is 2. The van der Waals surface area contributed by atoms with Crippen molar-refractivity contribution in [2.75, 3.05) is 0 Å². The van der Waals surface area contributed by atoms with E-state index in [1.807, 2.05) is 0 Å². The fourth-order valence-corrected chi connectivity index (χ4v) is 3.41. The number of carbonyl (C=O) groups excluding carboxylic acids is 1. The first-order valence-electron chi connectivity index (χ1n) is 6.11. The van der Waals surface area contributed by atoms with Gasteiger partial charge in [0.05, 0.1) is 11.4 Å². The van der Waals surface area contributed by atoms with Crippen molar-refractivity contribution in [2.24, 2.45) is 0 Å². The molecule has 4 nitrogen and oxygen atoms in total. The molecule has 2 rings (SSSR count). The summed E-state index contributed by atoms with van der Waals surface area (Å²) in [5.41, 5.74) is -0.909. The molecular weight excluding hydrogens is 317 g/mol. The number of benzene rings is 1. The van der Waals surface area contributed by atoms with Crippen LogP contribution in [0.5, 0.6) is 0 Å². The Morgan fingerprint density at radius 1 is 1.43 bits per heavy atom. The molecule has 2 aromatic rings. The Morgan fingerprint density at radius 2 is 2.10 bits per heavy atom. The van der Waals surface area contributed by atoms with Gasteiger partial charge in [0, 0.05) is 15.6 Å². The molecule has 0 aliphatic carbocycles. The molecule has 2 N–H and O–H groups in total. The quantitative estimate of drug-likeness (QED) is 0.899. The summed E-state index contributed by atoms with van der Waals surface area (Å²) >= 11 is 7.22. The first-order valence-corrected chi connectivity index (χ1v) is 7.31. The van der Waals surface area contributed by atoms with E-state index in [-0.39, 0.29) is 16.3 Å². The number of rotatable bonds is 4. The highest BCUT2D eigenvalue weighted by Gasteiger charge is 2.27. The Morgan fingerprint density at radius 3 is 2.71 bits per heavy atom. The Balaban J connectivity index is 2.31. The van der Waals surface area contributed by atoms with Gasteiger partial charge in [0.2, 0.25) is 0 Å². The zero-order valence-electron chi connectivity index (χ0n) is 11.4. The number of nitrogens with one attached hydrogen (secondary N) is 1. The molecule has 1 heterocycles. The monoisotopic (exact) mass is 329 g/mol. The van der Waals surface area contributed by atoms with Gasteiger partial charge in [0.15, 0.2) is 0 Å². The summed E-state index contributed by atoms with van der Waals surface area (Å²) in [6.07, 6.45) is -0.212. The van der Waals surface area contributed by atoms with Crippen LogP contribution in [-0.2, 0) is 4.79 Å². The van der Waals surface area contributed by atoms with Gasteiger partial charge < -0.3 is 10.4 Å². The van der Waals surface area contributed by atoms with Crippen molar-refractivity contribution in [3.05, 3.63) is 33.9 Å². The minimum absolute atomic E-state index is 0.212. The Kier molecular flexibility index (Phi) is 4.20. The topological polar surface area (TPSA) is 66.4 Å². The van der Waals surface area contributed by atoms with E-state index in [4.69, 9.17) is 16.7 Å². The second kappa shape index (κ2) is 5.61. The highest BCUT2D eigenvalue weighted by Crippen LogP contribution is 2.35. The Hall–Kier alpha value is -1.66. The third-order valence-electron chi connectivity index (χ3n) is 2.84. The number of amides is 1. The maximum Gasteiger partial charge on any atom is 0.305 e. The van der Waals surface area contributed by atoms with Crippen LogP contribution >= 0.6 is 22.9 Å². The van der Waals surface area contributed by atoms with Crippen LogP contribution in [0.15, 0.2) is 18.2 Å². The molecule has 0 spiro atoms. The molecule has 7 heteroatoms. The standard InChI is InChI=1S/C14H13ClFNO3S/c1-14(2,6-10(18)19)17-13(20)12-11(15)8-4-3-7(16)5-9(8)21-12/h3-5H,6H2,1-2H3,(H,17,20)(H,18,19). The van der Waals surface area contributed by atoms with E-state index in [2.05, 4.69) is 5.32 Å². The number of thiophene rings is 1. The molecule has 0 saturated heterocycles. The van der Waals surface area contributed by atoms with Gasteiger partial charge in [-0.05, 0) is 32.0 Å². The molecule has 0 bridgehead atoms. The molecule has 1 aromatic heterocycles. The first kappa shape index (κ1) is 15.7. The second-order valence-corrected chi connectivity index (χ2v) is 6.72. The first-order chi connectivity index (χ1) is 9.69. The lowest BCUT2D eigenvalue weighted by Crippen LogP contribution is -2.44. The van der Waals surface area contributed by atoms with Gasteiger partial charge in [-0.1, -0.05) is 11.6 Å². The number of halogens is 2. The van der Waals surface area contributed by atoms with E-state index >= 15 is 0 Å². The number of aliphatic carboxylic acids is 1. The summed E-state index contributed by atoms with van der Waals surface area (Å²) in [4.78, 5) is 23.3. The number of carboxylic acid groups (broad SMARTS) is 1. The predicted octanol–water partition coefficient (Wildman–Crippen LogP) is 3.68. The lowest BCUT2D eigenvalue weighted by atomic mass is 10.0. The molecule has 0 aliphatic heterocycles. The summed E-state index contributed by atoms with van der Waals surface area (Å²) < 4.78 is 13.8. The van der Waals surface area contributed by atoms with E-state index in [9.17, 15) is 14.0 Å². The molecule has 1 aromatic carbocycles. The average Bonchev–Trinajstić information content (AvgIpc) is 2.63. The summed E-state index contributed by atoms with van der Waals surface area (Å²) in [5, 5.41) is 12.3. The van der Waals surface area contributed by atoms with Crippen molar-refractivity contribution in [2.45, 2.75) is 25.8 Å². The molecule has 21 heavy (non-hydrogen) atoms. The molecule has 112 valence electrons. The maximum absolute atomic E-state index is 13.2. The minimum atomic E-state index is -1.01. The van der Waals surface area contributed by atoms with Gasteiger partial charge in [-0.25, -0.2) is 4.39 Å². The van der Waals surface area contributed by atoms with Gasteiger partial charge in [-0.2, -0.15) is 0 Å². The number of fused-ring (bicyclic) bond motifs is 1. The molecule has 0 radical (unpaired) electrons. The molecule has 0 aliphatic rings. The number of carboxylic acids is 1. The van der Waals surface area contributed by atoms with Crippen LogP contribution in [0.1, 0.15) is 29.9 Å². The normalized spacial score (nSPS) is 11.6. The van der Waals surface area contributed by atoms with Gasteiger partial charge in [0.1, 0.15) is 10.7 Å². The van der Waals surface area contributed by atoms with Crippen molar-refractivity contribution < 1.29 is 19.1 Å². The lowest BCUT2D eigenvalue weighted by Gasteiger charge is -2.23. The SMILES string of the molecule is CC(C)(CC(=O)O)NC(=O)c1sc2cc(F)ccc2c1Cl. The third kappa shape index (κ3) is 3.51. The van der Waals surface area contributed by atoms with Gasteiger partial charge in [0.25, 0.3) is 5.91 Å². The average molecular weight is 330 g/mol. The van der Waals surface area contributed by atoms with Gasteiger partial charge >= 0.3 is 5.97 Å².